The van der Waals surface area contributed by atoms with Crippen LogP contribution in [0.25, 0.3) is 0 Å². The Hall–Kier alpha value is 0.650. The average molecular weight is 254 g/mol. The first-order valence-electron chi connectivity index (χ1n) is 3.85. The van der Waals surface area contributed by atoms with Crippen molar-refractivity contribution in [2.75, 3.05) is 26.7 Å². The first-order valence-corrected chi connectivity index (χ1v) is 4.93. The monoisotopic (exact) mass is 254 g/mol. The summed E-state index contributed by atoms with van der Waals surface area (Å²) >= 11 is 2.23. The Labute approximate surface area is 76.9 Å². The average Bonchev–Trinajstić information content (AvgIpc) is 1.95. The molecule has 1 heterocycles. The Balaban J connectivity index is 2.13. The molecule has 1 saturated heterocycles. The zero-order valence-corrected chi connectivity index (χ0v) is 8.60. The van der Waals surface area contributed by atoms with E-state index in [1.54, 1.807) is 0 Å². The van der Waals surface area contributed by atoms with Gasteiger partial charge in [-0.05, 0) is 38.9 Å². The standard InChI is InChI=1S/C7H15IN2/c1-10-4-2-7(3-5-10)6-9-8/h7,9H,2-6H2,1H3. The van der Waals surface area contributed by atoms with Crippen molar-refractivity contribution in [3.63, 3.8) is 0 Å². The molecule has 0 radical (unpaired) electrons. The van der Waals surface area contributed by atoms with Gasteiger partial charge >= 0.3 is 0 Å². The van der Waals surface area contributed by atoms with Gasteiger partial charge in [-0.25, -0.2) is 0 Å². The largest absolute Gasteiger partial charge is 0.306 e. The van der Waals surface area contributed by atoms with Crippen molar-refractivity contribution in [2.45, 2.75) is 12.8 Å². The highest BCUT2D eigenvalue weighted by molar-refractivity contribution is 14.1. The van der Waals surface area contributed by atoms with Crippen LogP contribution in [-0.2, 0) is 0 Å². The minimum Gasteiger partial charge on any atom is -0.306 e. The molecule has 0 aromatic carbocycles. The summed E-state index contributed by atoms with van der Waals surface area (Å²) < 4.78 is 3.20. The molecule has 0 spiro atoms. The molecule has 0 aromatic heterocycles. The summed E-state index contributed by atoms with van der Waals surface area (Å²) in [5.74, 6) is 0.924. The summed E-state index contributed by atoms with van der Waals surface area (Å²) in [4.78, 5) is 2.41. The van der Waals surface area contributed by atoms with Gasteiger partial charge in [0.1, 0.15) is 0 Å². The molecule has 0 unspecified atom stereocenters. The number of nitrogens with zero attached hydrogens (tertiary/aromatic N) is 1. The molecule has 0 amide bonds. The van der Waals surface area contributed by atoms with Gasteiger partial charge in [-0.2, -0.15) is 0 Å². The lowest BCUT2D eigenvalue weighted by molar-refractivity contribution is 0.222. The fraction of sp³-hybridized carbons (Fsp3) is 1.00. The van der Waals surface area contributed by atoms with Crippen molar-refractivity contribution in [3.8, 4) is 0 Å². The smallest absolute Gasteiger partial charge is 0.0169 e. The topological polar surface area (TPSA) is 15.3 Å². The van der Waals surface area contributed by atoms with Crippen LogP contribution in [0.15, 0.2) is 0 Å². The quantitative estimate of drug-likeness (QED) is 0.589. The number of likely N-dealkylation sites (tertiary alicyclic amines) is 1. The normalized spacial score (nSPS) is 23.4. The van der Waals surface area contributed by atoms with E-state index in [1.807, 2.05) is 0 Å². The van der Waals surface area contributed by atoms with E-state index in [0.717, 1.165) is 5.92 Å². The third kappa shape index (κ3) is 2.72. The zero-order valence-electron chi connectivity index (χ0n) is 6.44. The van der Waals surface area contributed by atoms with E-state index in [9.17, 15) is 0 Å². The lowest BCUT2D eigenvalue weighted by atomic mass is 9.98. The molecule has 1 aliphatic heterocycles. The molecule has 0 saturated carbocycles. The van der Waals surface area contributed by atoms with Crippen LogP contribution < -0.4 is 3.53 Å². The predicted molar refractivity (Wildman–Crippen MR) is 52.2 cm³/mol. The van der Waals surface area contributed by atoms with Gasteiger partial charge in [-0.1, -0.05) is 0 Å². The molecule has 2 nitrogen and oxygen atoms in total. The van der Waals surface area contributed by atoms with Gasteiger partial charge in [0.2, 0.25) is 0 Å². The fourth-order valence-electron chi connectivity index (χ4n) is 1.38. The second kappa shape index (κ2) is 4.51. The predicted octanol–water partition coefficient (Wildman–Crippen LogP) is 1.27. The maximum Gasteiger partial charge on any atom is 0.0169 e. The van der Waals surface area contributed by atoms with Crippen molar-refractivity contribution in [3.05, 3.63) is 0 Å². The van der Waals surface area contributed by atoms with Crippen molar-refractivity contribution < 1.29 is 0 Å². The van der Waals surface area contributed by atoms with Crippen molar-refractivity contribution in [1.29, 1.82) is 0 Å². The molecule has 60 valence electrons. The van der Waals surface area contributed by atoms with E-state index in [-0.39, 0.29) is 0 Å². The van der Waals surface area contributed by atoms with E-state index in [0.29, 0.717) is 0 Å². The van der Waals surface area contributed by atoms with Crippen molar-refractivity contribution in [2.24, 2.45) is 5.92 Å². The maximum atomic E-state index is 3.20. The van der Waals surface area contributed by atoms with Crippen LogP contribution >= 0.6 is 22.9 Å². The number of halogens is 1. The van der Waals surface area contributed by atoms with E-state index in [2.05, 4.69) is 38.3 Å². The molecule has 1 rings (SSSR count). The fourth-order valence-corrected chi connectivity index (χ4v) is 2.00. The molecule has 1 aliphatic rings. The van der Waals surface area contributed by atoms with Crippen molar-refractivity contribution in [1.82, 2.24) is 8.43 Å². The molecule has 0 aliphatic carbocycles. The molecule has 1 N–H and O–H groups in total. The van der Waals surface area contributed by atoms with Crippen LogP contribution in [0.1, 0.15) is 12.8 Å². The number of hydrogen-bond donors (Lipinski definition) is 1. The SMILES string of the molecule is CN1CCC(CNI)CC1. The van der Waals surface area contributed by atoms with E-state index < -0.39 is 0 Å². The molecule has 0 aromatic rings. The molecular weight excluding hydrogens is 239 g/mol. The summed E-state index contributed by atoms with van der Waals surface area (Å²) in [6.07, 6.45) is 2.74. The Morgan fingerprint density at radius 3 is 2.60 bits per heavy atom. The third-order valence-electron chi connectivity index (χ3n) is 2.20. The third-order valence-corrected chi connectivity index (χ3v) is 2.64. The summed E-state index contributed by atoms with van der Waals surface area (Å²) in [6, 6.07) is 0. The van der Waals surface area contributed by atoms with Crippen LogP contribution in [0, 0.1) is 5.92 Å². The van der Waals surface area contributed by atoms with E-state index in [1.165, 1.54) is 32.5 Å². The molecule has 10 heavy (non-hydrogen) atoms. The summed E-state index contributed by atoms with van der Waals surface area (Å²) in [6.45, 7) is 3.75. The van der Waals surface area contributed by atoms with Crippen molar-refractivity contribution >= 4 is 22.9 Å². The second-order valence-electron chi connectivity index (χ2n) is 3.08. The highest BCUT2D eigenvalue weighted by Gasteiger charge is 2.15. The minimum absolute atomic E-state index is 0.924. The van der Waals surface area contributed by atoms with Gasteiger partial charge in [0.15, 0.2) is 0 Å². The van der Waals surface area contributed by atoms with Gasteiger partial charge in [-0.15, -0.1) is 0 Å². The highest BCUT2D eigenvalue weighted by atomic mass is 127. The van der Waals surface area contributed by atoms with Gasteiger partial charge in [0, 0.05) is 29.4 Å². The number of nitrogens with one attached hydrogen (secondary N) is 1. The Bertz CT molecular complexity index is 89.6. The maximum absolute atomic E-state index is 3.20. The van der Waals surface area contributed by atoms with Gasteiger partial charge in [0.05, 0.1) is 0 Å². The van der Waals surface area contributed by atoms with E-state index in [4.69, 9.17) is 0 Å². The number of piperidine rings is 1. The summed E-state index contributed by atoms with van der Waals surface area (Å²) in [5.41, 5.74) is 0. The molecule has 1 fully saturated rings. The first-order chi connectivity index (χ1) is 4.83. The minimum atomic E-state index is 0.924. The zero-order chi connectivity index (χ0) is 7.40. The van der Waals surface area contributed by atoms with Crippen LogP contribution in [0.3, 0.4) is 0 Å². The van der Waals surface area contributed by atoms with Crippen LogP contribution in [0.4, 0.5) is 0 Å². The lowest BCUT2D eigenvalue weighted by Crippen LogP contribution is -2.33. The Morgan fingerprint density at radius 1 is 1.50 bits per heavy atom. The number of hydrogen-bond acceptors (Lipinski definition) is 2. The van der Waals surface area contributed by atoms with Gasteiger partial charge < -0.3 is 4.90 Å². The van der Waals surface area contributed by atoms with Crippen LogP contribution in [0.5, 0.6) is 0 Å². The lowest BCUT2D eigenvalue weighted by Gasteiger charge is -2.28. The van der Waals surface area contributed by atoms with E-state index >= 15 is 0 Å². The second-order valence-corrected chi connectivity index (χ2v) is 3.85. The molecule has 0 bridgehead atoms. The summed E-state index contributed by atoms with van der Waals surface area (Å²) in [5, 5.41) is 0. The summed E-state index contributed by atoms with van der Waals surface area (Å²) in [7, 11) is 2.20. The highest BCUT2D eigenvalue weighted by Crippen LogP contribution is 2.14. The Morgan fingerprint density at radius 2 is 2.10 bits per heavy atom. The van der Waals surface area contributed by atoms with Gasteiger partial charge in [-0.3, -0.25) is 3.53 Å². The first kappa shape index (κ1) is 8.74. The van der Waals surface area contributed by atoms with Crippen LogP contribution in [-0.4, -0.2) is 31.6 Å². The molecule has 3 heteroatoms. The Kier molecular flexibility index (Phi) is 3.95. The molecule has 0 atom stereocenters. The van der Waals surface area contributed by atoms with Crippen LogP contribution in [0.2, 0.25) is 0 Å². The van der Waals surface area contributed by atoms with Gasteiger partial charge in [0.25, 0.3) is 0 Å². The number of rotatable bonds is 2. The molecular formula is C7H15IN2.